The van der Waals surface area contributed by atoms with Crippen molar-refractivity contribution in [2.45, 2.75) is 25.8 Å². The number of aryl methyl sites for hydroxylation is 1. The Kier molecular flexibility index (Phi) is 6.16. The van der Waals surface area contributed by atoms with E-state index in [2.05, 4.69) is 24.4 Å². The van der Waals surface area contributed by atoms with Gasteiger partial charge in [0.15, 0.2) is 0 Å². The Morgan fingerprint density at radius 1 is 1.39 bits per heavy atom. The van der Waals surface area contributed by atoms with Crippen molar-refractivity contribution in [3.8, 4) is 0 Å². The van der Waals surface area contributed by atoms with Crippen LogP contribution in [-0.2, 0) is 11.2 Å². The molecule has 1 aliphatic heterocycles. The number of amides is 1. The molecule has 2 rings (SSSR count). The molecule has 0 spiro atoms. The molecule has 0 bridgehead atoms. The van der Waals surface area contributed by atoms with E-state index in [4.69, 9.17) is 0 Å². The predicted octanol–water partition coefficient (Wildman–Crippen LogP) is 1.86. The van der Waals surface area contributed by atoms with E-state index in [1.807, 2.05) is 23.1 Å². The smallest absolute Gasteiger partial charge is 0.222 e. The van der Waals surface area contributed by atoms with E-state index in [0.717, 1.165) is 26.1 Å². The minimum Gasteiger partial charge on any atom is -0.340 e. The van der Waals surface area contributed by atoms with Gasteiger partial charge < -0.3 is 10.2 Å². The predicted molar refractivity (Wildman–Crippen MR) is 76.1 cm³/mol. The summed E-state index contributed by atoms with van der Waals surface area (Å²) in [4.78, 5) is 14.0. The number of benzene rings is 1. The summed E-state index contributed by atoms with van der Waals surface area (Å²) < 4.78 is 0. The number of carbonyl (C=O) groups excluding carboxylic acids is 1. The molecule has 100 valence electrons. The number of piperazine rings is 1. The van der Waals surface area contributed by atoms with Crippen LogP contribution < -0.4 is 5.32 Å². The van der Waals surface area contributed by atoms with Crippen LogP contribution in [0.15, 0.2) is 30.3 Å². The van der Waals surface area contributed by atoms with Gasteiger partial charge in [-0.1, -0.05) is 30.3 Å². The standard InChI is InChI=1S/C14H20N2O.ClH/c1-12-11-16(10-9-15-12)14(17)8-7-13-5-3-2-4-6-13;/h2-6,12,15H,7-11H2,1H3;1H/t12-;/m1./s1. The van der Waals surface area contributed by atoms with Gasteiger partial charge in [0.25, 0.3) is 0 Å². The summed E-state index contributed by atoms with van der Waals surface area (Å²) in [5, 5.41) is 3.35. The van der Waals surface area contributed by atoms with Crippen LogP contribution in [0.25, 0.3) is 0 Å². The first-order valence-electron chi connectivity index (χ1n) is 6.31. The lowest BCUT2D eigenvalue weighted by atomic mass is 10.1. The van der Waals surface area contributed by atoms with Gasteiger partial charge in [0, 0.05) is 32.1 Å². The van der Waals surface area contributed by atoms with Crippen LogP contribution in [0, 0.1) is 0 Å². The molecular formula is C14H21ClN2O. The monoisotopic (exact) mass is 268 g/mol. The number of nitrogens with one attached hydrogen (secondary N) is 1. The molecule has 3 nitrogen and oxygen atoms in total. The lowest BCUT2D eigenvalue weighted by Gasteiger charge is -2.32. The van der Waals surface area contributed by atoms with Crippen LogP contribution in [-0.4, -0.2) is 36.5 Å². The van der Waals surface area contributed by atoms with Gasteiger partial charge in [-0.2, -0.15) is 0 Å². The zero-order valence-corrected chi connectivity index (χ0v) is 11.6. The molecule has 0 aliphatic carbocycles. The number of hydrogen-bond acceptors (Lipinski definition) is 2. The molecule has 1 aliphatic rings. The van der Waals surface area contributed by atoms with Crippen LogP contribution in [0.4, 0.5) is 0 Å². The highest BCUT2D eigenvalue weighted by atomic mass is 35.5. The second kappa shape index (κ2) is 7.39. The Balaban J connectivity index is 0.00000162. The highest BCUT2D eigenvalue weighted by Crippen LogP contribution is 2.06. The Labute approximate surface area is 115 Å². The quantitative estimate of drug-likeness (QED) is 0.908. The molecule has 1 fully saturated rings. The van der Waals surface area contributed by atoms with Crippen LogP contribution >= 0.6 is 12.4 Å². The van der Waals surface area contributed by atoms with Crippen LogP contribution in [0.3, 0.4) is 0 Å². The Hall–Kier alpha value is -1.06. The summed E-state index contributed by atoms with van der Waals surface area (Å²) in [7, 11) is 0. The Morgan fingerprint density at radius 2 is 2.11 bits per heavy atom. The molecule has 1 aromatic carbocycles. The summed E-state index contributed by atoms with van der Waals surface area (Å²) >= 11 is 0. The summed E-state index contributed by atoms with van der Waals surface area (Å²) in [5.41, 5.74) is 1.24. The fourth-order valence-electron chi connectivity index (χ4n) is 2.21. The minimum atomic E-state index is 0. The van der Waals surface area contributed by atoms with E-state index < -0.39 is 0 Å². The topological polar surface area (TPSA) is 32.3 Å². The van der Waals surface area contributed by atoms with Gasteiger partial charge >= 0.3 is 0 Å². The average molecular weight is 269 g/mol. The number of carbonyl (C=O) groups is 1. The fraction of sp³-hybridized carbons (Fsp3) is 0.500. The summed E-state index contributed by atoms with van der Waals surface area (Å²) in [6, 6.07) is 10.6. The molecule has 0 unspecified atom stereocenters. The first-order valence-corrected chi connectivity index (χ1v) is 6.31. The molecule has 18 heavy (non-hydrogen) atoms. The van der Waals surface area contributed by atoms with Crippen molar-refractivity contribution < 1.29 is 4.79 Å². The van der Waals surface area contributed by atoms with Crippen molar-refractivity contribution in [3.05, 3.63) is 35.9 Å². The molecule has 0 radical (unpaired) electrons. The molecule has 1 N–H and O–H groups in total. The maximum atomic E-state index is 12.0. The summed E-state index contributed by atoms with van der Waals surface area (Å²) in [6.45, 7) is 4.72. The van der Waals surface area contributed by atoms with E-state index in [1.54, 1.807) is 0 Å². The lowest BCUT2D eigenvalue weighted by molar-refractivity contribution is -0.132. The van der Waals surface area contributed by atoms with E-state index in [9.17, 15) is 4.79 Å². The lowest BCUT2D eigenvalue weighted by Crippen LogP contribution is -2.51. The Morgan fingerprint density at radius 3 is 2.78 bits per heavy atom. The second-order valence-corrected chi connectivity index (χ2v) is 4.68. The molecule has 4 heteroatoms. The molecular weight excluding hydrogens is 248 g/mol. The number of rotatable bonds is 3. The van der Waals surface area contributed by atoms with Gasteiger partial charge in [-0.25, -0.2) is 0 Å². The minimum absolute atomic E-state index is 0. The van der Waals surface area contributed by atoms with Gasteiger partial charge in [-0.05, 0) is 18.9 Å². The van der Waals surface area contributed by atoms with Crippen LogP contribution in [0.1, 0.15) is 18.9 Å². The molecule has 1 amide bonds. The van der Waals surface area contributed by atoms with Crippen LogP contribution in [0.2, 0.25) is 0 Å². The van der Waals surface area contributed by atoms with E-state index in [1.165, 1.54) is 5.56 Å². The van der Waals surface area contributed by atoms with Crippen molar-refractivity contribution in [1.29, 1.82) is 0 Å². The SMILES string of the molecule is C[C@@H]1CN(C(=O)CCc2ccccc2)CCN1.Cl. The van der Waals surface area contributed by atoms with Gasteiger partial charge in [0.1, 0.15) is 0 Å². The zero-order valence-electron chi connectivity index (χ0n) is 10.8. The molecule has 1 atom stereocenters. The van der Waals surface area contributed by atoms with Crippen molar-refractivity contribution in [3.63, 3.8) is 0 Å². The average Bonchev–Trinajstić information content (AvgIpc) is 2.37. The van der Waals surface area contributed by atoms with Crippen molar-refractivity contribution in [2.75, 3.05) is 19.6 Å². The van der Waals surface area contributed by atoms with Crippen molar-refractivity contribution in [1.82, 2.24) is 10.2 Å². The third-order valence-corrected chi connectivity index (χ3v) is 3.19. The number of hydrogen-bond donors (Lipinski definition) is 1. The maximum Gasteiger partial charge on any atom is 0.222 e. The van der Waals surface area contributed by atoms with Gasteiger partial charge in [0.05, 0.1) is 0 Å². The molecule has 0 saturated carbocycles. The molecule has 1 aromatic rings. The third-order valence-electron chi connectivity index (χ3n) is 3.19. The molecule has 1 saturated heterocycles. The number of nitrogens with zero attached hydrogens (tertiary/aromatic N) is 1. The third kappa shape index (κ3) is 4.31. The highest BCUT2D eigenvalue weighted by molar-refractivity contribution is 5.85. The van der Waals surface area contributed by atoms with E-state index in [0.29, 0.717) is 12.5 Å². The van der Waals surface area contributed by atoms with E-state index in [-0.39, 0.29) is 18.3 Å². The summed E-state index contributed by atoms with van der Waals surface area (Å²) in [6.07, 6.45) is 1.47. The van der Waals surface area contributed by atoms with Gasteiger partial charge in [0.2, 0.25) is 5.91 Å². The second-order valence-electron chi connectivity index (χ2n) is 4.68. The zero-order chi connectivity index (χ0) is 12.1. The summed E-state index contributed by atoms with van der Waals surface area (Å²) in [5.74, 6) is 0.280. The van der Waals surface area contributed by atoms with Gasteiger partial charge in [-0.3, -0.25) is 4.79 Å². The normalized spacial score (nSPS) is 19.2. The Bertz CT molecular complexity index is 369. The van der Waals surface area contributed by atoms with Crippen molar-refractivity contribution >= 4 is 18.3 Å². The maximum absolute atomic E-state index is 12.0. The van der Waals surface area contributed by atoms with Crippen molar-refractivity contribution in [2.24, 2.45) is 0 Å². The van der Waals surface area contributed by atoms with E-state index >= 15 is 0 Å². The number of halogens is 1. The van der Waals surface area contributed by atoms with Gasteiger partial charge in [-0.15, -0.1) is 12.4 Å². The first kappa shape index (κ1) is 15.0. The first-order chi connectivity index (χ1) is 8.25. The molecule has 0 aromatic heterocycles. The molecule has 1 heterocycles. The fourth-order valence-corrected chi connectivity index (χ4v) is 2.21. The highest BCUT2D eigenvalue weighted by Gasteiger charge is 2.19. The largest absolute Gasteiger partial charge is 0.340 e. The van der Waals surface area contributed by atoms with Crippen LogP contribution in [0.5, 0.6) is 0 Å².